The quantitative estimate of drug-likeness (QED) is 0.783. The molecule has 0 saturated carbocycles. The first-order valence-electron chi connectivity index (χ1n) is 7.74. The molecule has 2 N–H and O–H groups in total. The number of carbonyl (C=O) groups excluding carboxylic acids is 2. The van der Waals surface area contributed by atoms with Crippen molar-refractivity contribution in [3.05, 3.63) is 35.4 Å². The van der Waals surface area contributed by atoms with E-state index in [4.69, 9.17) is 4.74 Å². The van der Waals surface area contributed by atoms with Crippen LogP contribution in [0.4, 0.5) is 8.78 Å². The average Bonchev–Trinajstić information content (AvgIpc) is 2.58. The van der Waals surface area contributed by atoms with Gasteiger partial charge >= 0.3 is 11.8 Å². The number of aryl methyl sites for hydroxylation is 1. The van der Waals surface area contributed by atoms with Gasteiger partial charge in [0.25, 0.3) is 0 Å². The lowest BCUT2D eigenvalue weighted by atomic mass is 10.1. The van der Waals surface area contributed by atoms with Gasteiger partial charge in [-0.2, -0.15) is 8.78 Å². The van der Waals surface area contributed by atoms with Crippen LogP contribution in [0.15, 0.2) is 24.3 Å². The molecule has 2 amide bonds. The van der Waals surface area contributed by atoms with Gasteiger partial charge in [0.2, 0.25) is 5.91 Å². The third-order valence-electron chi connectivity index (χ3n) is 3.74. The average molecular weight is 341 g/mol. The summed E-state index contributed by atoms with van der Waals surface area (Å²) in [5, 5.41) is 0. The number of ether oxygens (including phenoxy) is 1. The van der Waals surface area contributed by atoms with Crippen LogP contribution >= 0.6 is 0 Å². The predicted molar refractivity (Wildman–Crippen MR) is 83.2 cm³/mol. The molecule has 1 fully saturated rings. The Morgan fingerprint density at radius 1 is 1.25 bits per heavy atom. The Kier molecular flexibility index (Phi) is 6.22. The van der Waals surface area contributed by atoms with E-state index < -0.39 is 23.3 Å². The van der Waals surface area contributed by atoms with Crippen molar-refractivity contribution in [2.45, 2.75) is 19.3 Å². The zero-order valence-corrected chi connectivity index (χ0v) is 13.5. The molecule has 1 aromatic carbocycles. The van der Waals surface area contributed by atoms with Crippen molar-refractivity contribution in [1.82, 2.24) is 15.8 Å². The van der Waals surface area contributed by atoms with E-state index in [1.54, 1.807) is 18.4 Å². The van der Waals surface area contributed by atoms with Crippen LogP contribution in [0.25, 0.3) is 0 Å². The Hall–Kier alpha value is -2.06. The molecule has 2 rings (SSSR count). The number of benzene rings is 1. The summed E-state index contributed by atoms with van der Waals surface area (Å²) in [6.07, 6.45) is 0.107. The number of hydrogen-bond donors (Lipinski definition) is 2. The molecule has 132 valence electrons. The van der Waals surface area contributed by atoms with Gasteiger partial charge in [0, 0.05) is 31.6 Å². The third kappa shape index (κ3) is 4.97. The second kappa shape index (κ2) is 8.16. The standard InChI is InChI=1S/C16H21F2N3O3/c1-12-3-2-4-13(11-12)16(17,18)15(23)20-19-14(22)5-6-21-7-9-24-10-8-21/h2-4,11H,5-10H2,1H3,(H,19,22)(H,20,23). The minimum Gasteiger partial charge on any atom is -0.379 e. The van der Waals surface area contributed by atoms with E-state index >= 15 is 0 Å². The first kappa shape index (κ1) is 18.3. The molecule has 8 heteroatoms. The number of morpholine rings is 1. The zero-order valence-electron chi connectivity index (χ0n) is 13.5. The first-order valence-corrected chi connectivity index (χ1v) is 7.74. The maximum atomic E-state index is 14.1. The third-order valence-corrected chi connectivity index (χ3v) is 3.74. The molecule has 0 spiro atoms. The summed E-state index contributed by atoms with van der Waals surface area (Å²) >= 11 is 0. The fourth-order valence-corrected chi connectivity index (χ4v) is 2.32. The highest BCUT2D eigenvalue weighted by Crippen LogP contribution is 2.28. The minimum absolute atomic E-state index is 0.107. The van der Waals surface area contributed by atoms with Gasteiger partial charge in [0.1, 0.15) is 0 Å². The molecular formula is C16H21F2N3O3. The van der Waals surface area contributed by atoms with Crippen molar-refractivity contribution in [1.29, 1.82) is 0 Å². The summed E-state index contributed by atoms with van der Waals surface area (Å²) in [6, 6.07) is 5.52. The topological polar surface area (TPSA) is 70.7 Å². The molecule has 0 aromatic heterocycles. The van der Waals surface area contributed by atoms with E-state index in [1.807, 2.05) is 10.3 Å². The molecule has 1 aliphatic rings. The molecular weight excluding hydrogens is 320 g/mol. The summed E-state index contributed by atoms with van der Waals surface area (Å²) in [6.45, 7) is 4.82. The van der Waals surface area contributed by atoms with Gasteiger partial charge in [-0.15, -0.1) is 0 Å². The highest BCUT2D eigenvalue weighted by molar-refractivity contribution is 5.87. The van der Waals surface area contributed by atoms with Crippen molar-refractivity contribution >= 4 is 11.8 Å². The Bertz CT molecular complexity index is 590. The monoisotopic (exact) mass is 341 g/mol. The number of rotatable bonds is 5. The number of nitrogens with zero attached hydrogens (tertiary/aromatic N) is 1. The minimum atomic E-state index is -3.72. The normalized spacial score (nSPS) is 15.8. The first-order chi connectivity index (χ1) is 11.4. The van der Waals surface area contributed by atoms with Gasteiger partial charge in [-0.05, 0) is 13.0 Å². The van der Waals surface area contributed by atoms with Gasteiger partial charge in [0.15, 0.2) is 0 Å². The molecule has 0 aliphatic carbocycles. The van der Waals surface area contributed by atoms with Crippen molar-refractivity contribution in [2.24, 2.45) is 0 Å². The second-order valence-corrected chi connectivity index (χ2v) is 5.65. The SMILES string of the molecule is Cc1cccc(C(F)(F)C(=O)NNC(=O)CCN2CCOCC2)c1. The Morgan fingerprint density at radius 3 is 2.62 bits per heavy atom. The number of amides is 2. The van der Waals surface area contributed by atoms with Crippen LogP contribution < -0.4 is 10.9 Å². The Balaban J connectivity index is 1.79. The van der Waals surface area contributed by atoms with Crippen LogP contribution in [0.3, 0.4) is 0 Å². The van der Waals surface area contributed by atoms with Crippen molar-refractivity contribution in [3.63, 3.8) is 0 Å². The fraction of sp³-hybridized carbons (Fsp3) is 0.500. The summed E-state index contributed by atoms with van der Waals surface area (Å²) in [7, 11) is 0. The molecule has 0 bridgehead atoms. The number of hydrogen-bond acceptors (Lipinski definition) is 4. The van der Waals surface area contributed by atoms with Crippen molar-refractivity contribution < 1.29 is 23.1 Å². The predicted octanol–water partition coefficient (Wildman–Crippen LogP) is 0.957. The van der Waals surface area contributed by atoms with Crippen LogP contribution in [0.5, 0.6) is 0 Å². The van der Waals surface area contributed by atoms with Crippen LogP contribution in [0.1, 0.15) is 17.5 Å². The number of hydrazine groups is 1. The van der Waals surface area contributed by atoms with Gasteiger partial charge in [-0.1, -0.05) is 23.8 Å². The maximum Gasteiger partial charge on any atom is 0.351 e. The maximum absolute atomic E-state index is 14.1. The van der Waals surface area contributed by atoms with Crippen LogP contribution in [-0.2, 0) is 20.2 Å². The number of carbonyl (C=O) groups is 2. The lowest BCUT2D eigenvalue weighted by Crippen LogP contribution is -2.49. The van der Waals surface area contributed by atoms with Gasteiger partial charge in [0.05, 0.1) is 13.2 Å². The molecule has 0 atom stereocenters. The second-order valence-electron chi connectivity index (χ2n) is 5.65. The smallest absolute Gasteiger partial charge is 0.351 e. The lowest BCUT2D eigenvalue weighted by Gasteiger charge is -2.26. The summed E-state index contributed by atoms with van der Waals surface area (Å²) in [4.78, 5) is 25.4. The number of halogens is 2. The van der Waals surface area contributed by atoms with Gasteiger partial charge < -0.3 is 4.74 Å². The Morgan fingerprint density at radius 2 is 1.96 bits per heavy atom. The highest BCUT2D eigenvalue weighted by Gasteiger charge is 2.41. The largest absolute Gasteiger partial charge is 0.379 e. The zero-order chi connectivity index (χ0) is 17.6. The lowest BCUT2D eigenvalue weighted by molar-refractivity contribution is -0.149. The van der Waals surface area contributed by atoms with E-state index in [-0.39, 0.29) is 6.42 Å². The molecule has 6 nitrogen and oxygen atoms in total. The van der Waals surface area contributed by atoms with Crippen LogP contribution in [0.2, 0.25) is 0 Å². The molecule has 0 radical (unpaired) electrons. The van der Waals surface area contributed by atoms with Crippen molar-refractivity contribution in [2.75, 3.05) is 32.8 Å². The molecule has 24 heavy (non-hydrogen) atoms. The van der Waals surface area contributed by atoms with Crippen molar-refractivity contribution in [3.8, 4) is 0 Å². The molecule has 1 aliphatic heterocycles. The van der Waals surface area contributed by atoms with E-state index in [2.05, 4.69) is 0 Å². The number of nitrogens with one attached hydrogen (secondary N) is 2. The summed E-state index contributed by atoms with van der Waals surface area (Å²) in [5.41, 5.74) is 4.04. The van der Waals surface area contributed by atoms with E-state index in [0.29, 0.717) is 25.3 Å². The van der Waals surface area contributed by atoms with Crippen LogP contribution in [-0.4, -0.2) is 49.6 Å². The van der Waals surface area contributed by atoms with Gasteiger partial charge in [-0.25, -0.2) is 0 Å². The molecule has 1 aromatic rings. The fourth-order valence-electron chi connectivity index (χ4n) is 2.32. The molecule has 1 saturated heterocycles. The van der Waals surface area contributed by atoms with E-state index in [1.165, 1.54) is 18.2 Å². The van der Waals surface area contributed by atoms with E-state index in [0.717, 1.165) is 13.1 Å². The summed E-state index contributed by atoms with van der Waals surface area (Å²) < 4.78 is 33.3. The number of alkyl halides is 2. The van der Waals surface area contributed by atoms with E-state index in [9.17, 15) is 18.4 Å². The molecule has 0 unspecified atom stereocenters. The summed E-state index contributed by atoms with van der Waals surface area (Å²) in [5.74, 6) is -5.80. The van der Waals surface area contributed by atoms with Gasteiger partial charge in [-0.3, -0.25) is 25.3 Å². The van der Waals surface area contributed by atoms with Crippen LogP contribution in [0, 0.1) is 6.92 Å². The molecule has 1 heterocycles. The highest BCUT2D eigenvalue weighted by atomic mass is 19.3. The Labute approximate surface area is 139 Å².